The summed E-state index contributed by atoms with van der Waals surface area (Å²) in [5, 5.41) is 17.3. The van der Waals surface area contributed by atoms with Crippen molar-refractivity contribution >= 4 is 34.8 Å². The van der Waals surface area contributed by atoms with Gasteiger partial charge in [0.1, 0.15) is 5.56 Å². The second kappa shape index (κ2) is 10.0. The molecule has 2 aromatic heterocycles. The van der Waals surface area contributed by atoms with E-state index in [2.05, 4.69) is 20.3 Å². The maximum atomic E-state index is 13.4. The SMILES string of the molecule is COC(=O)c1cnc2c(C(=O)Nc3cc4c(cc3N3CCOCC3)C(=O)N(CCC(C)(C)O)C4)cnn2c1. The third-order valence-corrected chi connectivity index (χ3v) is 6.72. The van der Waals surface area contributed by atoms with Crippen LogP contribution in [-0.4, -0.2) is 87.9 Å². The van der Waals surface area contributed by atoms with E-state index in [-0.39, 0.29) is 22.7 Å². The number of fused-ring (bicyclic) bond motifs is 2. The number of nitrogens with one attached hydrogen (secondary N) is 1. The van der Waals surface area contributed by atoms with Gasteiger partial charge in [0.25, 0.3) is 11.8 Å². The highest BCUT2D eigenvalue weighted by molar-refractivity contribution is 6.10. The fourth-order valence-electron chi connectivity index (χ4n) is 4.61. The number of rotatable bonds is 7. The zero-order valence-corrected chi connectivity index (χ0v) is 21.6. The molecule has 0 bridgehead atoms. The molecule has 5 rings (SSSR count). The van der Waals surface area contributed by atoms with Crippen LogP contribution in [0.1, 0.15) is 56.9 Å². The molecular weight excluding hydrogens is 492 g/mol. The van der Waals surface area contributed by atoms with Crippen molar-refractivity contribution in [2.24, 2.45) is 0 Å². The smallest absolute Gasteiger partial charge is 0.341 e. The lowest BCUT2D eigenvalue weighted by Crippen LogP contribution is -2.37. The van der Waals surface area contributed by atoms with Gasteiger partial charge in [-0.25, -0.2) is 14.3 Å². The summed E-state index contributed by atoms with van der Waals surface area (Å²) < 4.78 is 11.6. The van der Waals surface area contributed by atoms with Crippen LogP contribution < -0.4 is 10.2 Å². The van der Waals surface area contributed by atoms with Crippen LogP contribution in [0.4, 0.5) is 11.4 Å². The Morgan fingerprint density at radius 2 is 1.97 bits per heavy atom. The molecular formula is C26H30N6O6. The standard InChI is InChI=1S/C26H30N6O6/c1-26(2,36)4-5-31-14-16-10-20(21(11-18(16)24(31)34)30-6-8-38-9-7-30)29-23(33)19-13-28-32-15-17(25(35)37-3)12-27-22(19)32/h10-13,15,36H,4-9,14H2,1-3H3,(H,29,33). The minimum atomic E-state index is -0.882. The molecule has 1 aromatic carbocycles. The Kier molecular flexibility index (Phi) is 6.76. The molecule has 1 saturated heterocycles. The lowest BCUT2D eigenvalue weighted by Gasteiger charge is -2.31. The molecule has 200 valence electrons. The lowest BCUT2D eigenvalue weighted by molar-refractivity contribution is 0.0515. The van der Waals surface area contributed by atoms with Crippen molar-refractivity contribution in [3.05, 3.63) is 53.0 Å². The average molecular weight is 523 g/mol. The molecule has 0 unspecified atom stereocenters. The van der Waals surface area contributed by atoms with Crippen LogP contribution in [0.5, 0.6) is 0 Å². The van der Waals surface area contributed by atoms with Crippen molar-refractivity contribution in [1.82, 2.24) is 19.5 Å². The normalized spacial score (nSPS) is 15.6. The van der Waals surface area contributed by atoms with Gasteiger partial charge in [-0.2, -0.15) is 5.10 Å². The topological polar surface area (TPSA) is 139 Å². The molecule has 0 atom stereocenters. The van der Waals surface area contributed by atoms with Gasteiger partial charge in [-0.05, 0) is 38.0 Å². The Bertz CT molecular complexity index is 1410. The van der Waals surface area contributed by atoms with Crippen molar-refractivity contribution in [1.29, 1.82) is 0 Å². The van der Waals surface area contributed by atoms with Gasteiger partial charge in [0.2, 0.25) is 0 Å². The zero-order chi connectivity index (χ0) is 27.0. The lowest BCUT2D eigenvalue weighted by atomic mass is 10.1. The molecule has 12 nitrogen and oxygen atoms in total. The number of methoxy groups -OCH3 is 1. The van der Waals surface area contributed by atoms with Gasteiger partial charge in [0, 0.05) is 44.1 Å². The maximum absolute atomic E-state index is 13.4. The largest absolute Gasteiger partial charge is 0.465 e. The first-order valence-electron chi connectivity index (χ1n) is 12.4. The van der Waals surface area contributed by atoms with E-state index in [1.165, 1.54) is 30.2 Å². The van der Waals surface area contributed by atoms with Crippen molar-refractivity contribution in [2.45, 2.75) is 32.4 Å². The van der Waals surface area contributed by atoms with Gasteiger partial charge in [-0.15, -0.1) is 0 Å². The first-order chi connectivity index (χ1) is 18.1. The summed E-state index contributed by atoms with van der Waals surface area (Å²) in [6, 6.07) is 3.67. The van der Waals surface area contributed by atoms with E-state index < -0.39 is 17.5 Å². The summed E-state index contributed by atoms with van der Waals surface area (Å²) in [6.45, 7) is 6.57. The number of anilines is 2. The molecule has 0 radical (unpaired) electrons. The minimum Gasteiger partial charge on any atom is -0.465 e. The number of morpholine rings is 1. The predicted molar refractivity (Wildman–Crippen MR) is 137 cm³/mol. The first kappa shape index (κ1) is 25.6. The van der Waals surface area contributed by atoms with Gasteiger partial charge >= 0.3 is 5.97 Å². The van der Waals surface area contributed by atoms with Crippen LogP contribution in [0.25, 0.3) is 5.65 Å². The van der Waals surface area contributed by atoms with Crippen LogP contribution in [0.2, 0.25) is 0 Å². The van der Waals surface area contributed by atoms with Crippen molar-refractivity contribution in [3.8, 4) is 0 Å². The fourth-order valence-corrected chi connectivity index (χ4v) is 4.61. The summed E-state index contributed by atoms with van der Waals surface area (Å²) >= 11 is 0. The Labute approximate surface area is 219 Å². The number of aromatic nitrogens is 3. The zero-order valence-electron chi connectivity index (χ0n) is 21.6. The Morgan fingerprint density at radius 3 is 2.68 bits per heavy atom. The van der Waals surface area contributed by atoms with E-state index in [0.29, 0.717) is 57.1 Å². The second-order valence-electron chi connectivity index (χ2n) is 10.0. The predicted octanol–water partition coefficient (Wildman–Crippen LogP) is 1.72. The van der Waals surface area contributed by atoms with Crippen LogP contribution in [0.15, 0.2) is 30.7 Å². The van der Waals surface area contributed by atoms with Gasteiger partial charge in [-0.1, -0.05) is 0 Å². The highest BCUT2D eigenvalue weighted by Crippen LogP contribution is 2.35. The number of hydrogen-bond acceptors (Lipinski definition) is 9. The highest BCUT2D eigenvalue weighted by atomic mass is 16.5. The number of benzene rings is 1. The highest BCUT2D eigenvalue weighted by Gasteiger charge is 2.31. The Balaban J connectivity index is 1.45. The molecule has 2 aliphatic rings. The van der Waals surface area contributed by atoms with Crippen LogP contribution in [0.3, 0.4) is 0 Å². The Hall–Kier alpha value is -4.03. The molecule has 0 aliphatic carbocycles. The molecule has 0 spiro atoms. The molecule has 2 N–H and O–H groups in total. The minimum absolute atomic E-state index is 0.0927. The quantitative estimate of drug-likeness (QED) is 0.444. The van der Waals surface area contributed by atoms with E-state index in [0.717, 1.165) is 11.3 Å². The van der Waals surface area contributed by atoms with Crippen LogP contribution in [-0.2, 0) is 16.0 Å². The number of esters is 1. The molecule has 1 fully saturated rings. The summed E-state index contributed by atoms with van der Waals surface area (Å²) in [5.74, 6) is -1.07. The van der Waals surface area contributed by atoms with E-state index in [1.807, 2.05) is 12.1 Å². The summed E-state index contributed by atoms with van der Waals surface area (Å²) in [5.41, 5.74) is 2.55. The fraction of sp³-hybridized carbons (Fsp3) is 0.423. The molecule has 0 saturated carbocycles. The summed E-state index contributed by atoms with van der Waals surface area (Å²) in [4.78, 5) is 46.4. The average Bonchev–Trinajstić information content (AvgIpc) is 3.46. The Morgan fingerprint density at radius 1 is 1.21 bits per heavy atom. The van der Waals surface area contributed by atoms with Crippen LogP contribution >= 0.6 is 0 Å². The molecule has 3 aromatic rings. The number of carbonyl (C=O) groups is 3. The third-order valence-electron chi connectivity index (χ3n) is 6.72. The number of hydrogen-bond donors (Lipinski definition) is 2. The molecule has 2 amide bonds. The summed E-state index contributed by atoms with van der Waals surface area (Å²) in [6.07, 6.45) is 4.63. The maximum Gasteiger partial charge on any atom is 0.341 e. The van der Waals surface area contributed by atoms with E-state index in [1.54, 1.807) is 18.7 Å². The van der Waals surface area contributed by atoms with Crippen molar-refractivity contribution in [2.75, 3.05) is 50.2 Å². The van der Waals surface area contributed by atoms with Gasteiger partial charge in [-0.3, -0.25) is 9.59 Å². The number of amides is 2. The molecule has 2 aliphatic heterocycles. The first-order valence-corrected chi connectivity index (χ1v) is 12.4. The van der Waals surface area contributed by atoms with Gasteiger partial charge < -0.3 is 29.7 Å². The van der Waals surface area contributed by atoms with Gasteiger partial charge in [0.15, 0.2) is 5.65 Å². The van der Waals surface area contributed by atoms with E-state index in [9.17, 15) is 19.5 Å². The number of carbonyl (C=O) groups excluding carboxylic acids is 3. The molecule has 4 heterocycles. The number of nitrogens with zero attached hydrogens (tertiary/aromatic N) is 5. The van der Waals surface area contributed by atoms with E-state index >= 15 is 0 Å². The number of ether oxygens (including phenoxy) is 2. The number of aliphatic hydroxyl groups is 1. The monoisotopic (exact) mass is 522 g/mol. The van der Waals surface area contributed by atoms with Gasteiger partial charge in [0.05, 0.1) is 49.1 Å². The third kappa shape index (κ3) is 5.04. The second-order valence-corrected chi connectivity index (χ2v) is 10.0. The molecule has 12 heteroatoms. The summed E-state index contributed by atoms with van der Waals surface area (Å²) in [7, 11) is 1.28. The van der Waals surface area contributed by atoms with Crippen molar-refractivity contribution in [3.63, 3.8) is 0 Å². The van der Waals surface area contributed by atoms with Crippen LogP contribution in [0, 0.1) is 0 Å². The van der Waals surface area contributed by atoms with E-state index in [4.69, 9.17) is 9.47 Å². The molecule has 38 heavy (non-hydrogen) atoms. The van der Waals surface area contributed by atoms with Crippen molar-refractivity contribution < 1.29 is 29.0 Å².